The maximum absolute atomic E-state index is 14.4. The van der Waals surface area contributed by atoms with Gasteiger partial charge in [-0.2, -0.15) is 0 Å². The van der Waals surface area contributed by atoms with E-state index < -0.39 is 70.5 Å². The molecular weight excluding hydrogens is 614 g/mol. The Labute approximate surface area is 282 Å². The van der Waals surface area contributed by atoms with Gasteiger partial charge in [0.15, 0.2) is 0 Å². The minimum atomic E-state index is -1.11. The van der Waals surface area contributed by atoms with Gasteiger partial charge >= 0.3 is 12.0 Å². The average Bonchev–Trinajstić information content (AvgIpc) is 3.55. The maximum atomic E-state index is 14.4. The molecule has 48 heavy (non-hydrogen) atoms. The Hall–Kier alpha value is -3.96. The largest absolute Gasteiger partial charge is 0.460 e. The van der Waals surface area contributed by atoms with Crippen molar-refractivity contribution < 1.29 is 33.5 Å². The summed E-state index contributed by atoms with van der Waals surface area (Å²) in [4.78, 5) is 81.2. The summed E-state index contributed by atoms with van der Waals surface area (Å²) in [6, 6.07) is 3.30. The Morgan fingerprint density at radius 2 is 1.71 bits per heavy atom. The highest BCUT2D eigenvalue weighted by Gasteiger charge is 2.56. The minimum Gasteiger partial charge on any atom is -0.460 e. The summed E-state index contributed by atoms with van der Waals surface area (Å²) in [5.41, 5.74) is 6.07. The number of ether oxygens (including phenoxy) is 1. The molecule has 5 rings (SSSR count). The van der Waals surface area contributed by atoms with Gasteiger partial charge in [0.2, 0.25) is 17.6 Å². The maximum Gasteiger partial charge on any atom is 0.329 e. The van der Waals surface area contributed by atoms with Crippen LogP contribution in [0.3, 0.4) is 0 Å². The number of rotatable bonds is 10. The number of benzene rings is 1. The first-order chi connectivity index (χ1) is 22.4. The molecule has 3 fully saturated rings. The van der Waals surface area contributed by atoms with Gasteiger partial charge in [-0.25, -0.2) is 9.59 Å². The van der Waals surface area contributed by atoms with E-state index in [4.69, 9.17) is 10.5 Å². The van der Waals surface area contributed by atoms with E-state index in [1.807, 2.05) is 72.7 Å². The molecule has 2 aliphatic carbocycles. The minimum absolute atomic E-state index is 0.0284. The fraction of sp³-hybridized carbons (Fsp3) is 0.667. The molecule has 12 heteroatoms. The molecule has 262 valence electrons. The second-order valence-electron chi connectivity index (χ2n) is 16.2. The Morgan fingerprint density at radius 3 is 2.31 bits per heavy atom. The molecule has 7 atom stereocenters. The van der Waals surface area contributed by atoms with Crippen molar-refractivity contribution in [3.8, 4) is 0 Å². The number of carbonyl (C=O) groups is 6. The Balaban J connectivity index is 1.34. The van der Waals surface area contributed by atoms with E-state index in [1.54, 1.807) is 0 Å². The number of hydrogen-bond donors (Lipinski definition) is 4. The second-order valence-corrected chi connectivity index (χ2v) is 16.2. The third-order valence-electron chi connectivity index (χ3n) is 10.9. The monoisotopic (exact) mass is 665 g/mol. The number of nitrogens with zero attached hydrogens (tertiary/aromatic N) is 1. The van der Waals surface area contributed by atoms with Crippen LogP contribution in [0.15, 0.2) is 24.3 Å². The van der Waals surface area contributed by atoms with Crippen LogP contribution in [0.25, 0.3) is 0 Å². The molecule has 1 aromatic carbocycles. The fourth-order valence-electron chi connectivity index (χ4n) is 8.06. The lowest BCUT2D eigenvalue weighted by molar-refractivity contribution is -0.167. The quantitative estimate of drug-likeness (QED) is 0.219. The predicted molar refractivity (Wildman–Crippen MR) is 177 cm³/mol. The molecule has 1 aromatic rings. The second kappa shape index (κ2) is 13.2. The van der Waals surface area contributed by atoms with Gasteiger partial charge in [-0.3, -0.25) is 19.2 Å². The Kier molecular flexibility index (Phi) is 9.69. The van der Waals surface area contributed by atoms with E-state index in [-0.39, 0.29) is 36.3 Å². The average molecular weight is 666 g/mol. The summed E-state index contributed by atoms with van der Waals surface area (Å²) in [5, 5.41) is 8.42. The molecule has 0 radical (unpaired) electrons. The molecule has 2 heterocycles. The van der Waals surface area contributed by atoms with Crippen LogP contribution in [-0.2, 0) is 35.1 Å². The van der Waals surface area contributed by atoms with Gasteiger partial charge in [0.05, 0.1) is 6.04 Å². The van der Waals surface area contributed by atoms with E-state index in [2.05, 4.69) is 16.0 Å². The number of esters is 1. The standard InChI is InChI=1S/C36H51N5O7/c1-18(2)21-14-15-41(26(21)31(44)38-23(16-19-12-13-19)27(42)30(37)43)32(45)28(35(3,4)5)39-34(47)40-29-33(46)48-24-17-20-10-8-9-11-22(20)25(24)36(29,6)7/h8-11,18-19,21,23-26,28-29H,12-17H2,1-7H3,(H2,37,43)(H,38,44)(H2,39,40,47)/t21-,23?,24?,25?,26+,28+,29+/m1/s1. The molecule has 0 bridgehead atoms. The lowest BCUT2D eigenvalue weighted by atomic mass is 9.68. The number of likely N-dealkylation sites (tertiary alicyclic amines) is 1. The first-order valence-electron chi connectivity index (χ1n) is 17.2. The molecule has 5 amide bonds. The SMILES string of the molecule is CC(C)[C@H]1CCN(C(=O)[C@H](NC(=O)N[C@H]2C(=O)OC3Cc4ccccc4C3C2(C)C)C(C)(C)C)[C@@H]1C(=O)NC(CC1CC1)C(=O)C(N)=O. The zero-order chi connectivity index (χ0) is 35.3. The van der Waals surface area contributed by atoms with Gasteiger partial charge in [0, 0.05) is 24.3 Å². The van der Waals surface area contributed by atoms with Crippen molar-refractivity contribution in [3.05, 3.63) is 35.4 Å². The van der Waals surface area contributed by atoms with Gasteiger partial charge < -0.3 is 31.3 Å². The Bertz CT molecular complexity index is 1480. The fourth-order valence-corrected chi connectivity index (χ4v) is 8.06. The van der Waals surface area contributed by atoms with Crippen molar-refractivity contribution in [2.45, 2.75) is 117 Å². The highest BCUT2D eigenvalue weighted by Crippen LogP contribution is 2.51. The number of ketones is 1. The molecule has 4 aliphatic rings. The van der Waals surface area contributed by atoms with Crippen LogP contribution in [-0.4, -0.2) is 77.2 Å². The van der Waals surface area contributed by atoms with E-state index in [1.165, 1.54) is 4.90 Å². The van der Waals surface area contributed by atoms with E-state index >= 15 is 0 Å². The van der Waals surface area contributed by atoms with E-state index in [9.17, 15) is 28.8 Å². The number of hydrogen-bond acceptors (Lipinski definition) is 7. The van der Waals surface area contributed by atoms with Gasteiger partial charge in [-0.1, -0.05) is 85.6 Å². The van der Waals surface area contributed by atoms with Crippen LogP contribution in [0, 0.1) is 28.6 Å². The third-order valence-corrected chi connectivity index (χ3v) is 10.9. The number of carbonyl (C=O) groups excluding carboxylic acids is 6. The highest BCUT2D eigenvalue weighted by atomic mass is 16.5. The Morgan fingerprint density at radius 1 is 1.04 bits per heavy atom. The van der Waals surface area contributed by atoms with Gasteiger partial charge in [-0.05, 0) is 47.1 Å². The van der Waals surface area contributed by atoms with E-state index in [0.29, 0.717) is 19.3 Å². The van der Waals surface area contributed by atoms with Crippen molar-refractivity contribution >= 4 is 35.5 Å². The van der Waals surface area contributed by atoms with Crippen LogP contribution in [0.2, 0.25) is 0 Å². The normalized spacial score (nSPS) is 27.3. The van der Waals surface area contributed by atoms with Crippen molar-refractivity contribution in [2.75, 3.05) is 6.54 Å². The zero-order valence-electron chi connectivity index (χ0n) is 29.1. The molecule has 0 spiro atoms. The number of fused-ring (bicyclic) bond motifs is 3. The van der Waals surface area contributed by atoms with Crippen molar-refractivity contribution in [2.24, 2.45) is 34.3 Å². The smallest absolute Gasteiger partial charge is 0.329 e. The molecule has 1 saturated carbocycles. The lowest BCUT2D eigenvalue weighted by Gasteiger charge is -2.45. The summed E-state index contributed by atoms with van der Waals surface area (Å²) in [5.74, 6) is -3.52. The zero-order valence-corrected chi connectivity index (χ0v) is 29.1. The van der Waals surface area contributed by atoms with Crippen molar-refractivity contribution in [1.29, 1.82) is 0 Å². The molecule has 12 nitrogen and oxygen atoms in total. The topological polar surface area (TPSA) is 177 Å². The number of urea groups is 1. The summed E-state index contributed by atoms with van der Waals surface area (Å²) >= 11 is 0. The van der Waals surface area contributed by atoms with Crippen LogP contribution >= 0.6 is 0 Å². The number of amides is 5. The number of primary amides is 1. The molecular formula is C36H51N5O7. The molecule has 3 unspecified atom stereocenters. The van der Waals surface area contributed by atoms with Gasteiger partial charge in [0.1, 0.15) is 24.2 Å². The summed E-state index contributed by atoms with van der Waals surface area (Å²) in [6.07, 6.45) is 2.99. The predicted octanol–water partition coefficient (Wildman–Crippen LogP) is 2.57. The van der Waals surface area contributed by atoms with Crippen molar-refractivity contribution in [1.82, 2.24) is 20.9 Å². The number of nitrogens with one attached hydrogen (secondary N) is 3. The molecule has 2 saturated heterocycles. The first-order valence-corrected chi connectivity index (χ1v) is 17.2. The van der Waals surface area contributed by atoms with E-state index in [0.717, 1.165) is 24.0 Å². The summed E-state index contributed by atoms with van der Waals surface area (Å²) < 4.78 is 5.85. The number of nitrogens with two attached hydrogens (primary N) is 1. The lowest BCUT2D eigenvalue weighted by Crippen LogP contribution is -2.64. The van der Waals surface area contributed by atoms with Crippen LogP contribution in [0.4, 0.5) is 4.79 Å². The molecule has 0 aromatic heterocycles. The van der Waals surface area contributed by atoms with Crippen molar-refractivity contribution in [3.63, 3.8) is 0 Å². The number of Topliss-reactive ketones (excluding diaryl/α,β-unsaturated/α-hetero) is 1. The van der Waals surface area contributed by atoms with Gasteiger partial charge in [0.25, 0.3) is 5.91 Å². The molecule has 5 N–H and O–H groups in total. The highest BCUT2D eigenvalue weighted by molar-refractivity contribution is 6.37. The summed E-state index contributed by atoms with van der Waals surface area (Å²) in [7, 11) is 0. The molecule has 2 aliphatic heterocycles. The van der Waals surface area contributed by atoms with Crippen LogP contribution < -0.4 is 21.7 Å². The van der Waals surface area contributed by atoms with Crippen LogP contribution in [0.1, 0.15) is 91.2 Å². The first kappa shape index (κ1) is 35.3. The third kappa shape index (κ3) is 6.94. The van der Waals surface area contributed by atoms with Gasteiger partial charge in [-0.15, -0.1) is 0 Å². The summed E-state index contributed by atoms with van der Waals surface area (Å²) in [6.45, 7) is 13.6. The van der Waals surface area contributed by atoms with Crippen LogP contribution in [0.5, 0.6) is 0 Å².